The fourth-order valence-corrected chi connectivity index (χ4v) is 3.25. The second-order valence-corrected chi connectivity index (χ2v) is 6.89. The van der Waals surface area contributed by atoms with Crippen LogP contribution in [0, 0.1) is 17.1 Å². The van der Waals surface area contributed by atoms with Gasteiger partial charge in [0.25, 0.3) is 0 Å². The molecule has 8 heteroatoms. The number of hydrogen-bond acceptors (Lipinski definition) is 6. The van der Waals surface area contributed by atoms with Crippen molar-refractivity contribution >= 4 is 22.6 Å². The summed E-state index contributed by atoms with van der Waals surface area (Å²) >= 11 is 0. The Bertz CT molecular complexity index is 1320. The lowest BCUT2D eigenvalue weighted by atomic mass is 9.99. The van der Waals surface area contributed by atoms with Gasteiger partial charge in [-0.2, -0.15) is 5.26 Å². The number of halogens is 1. The molecule has 0 saturated carbocycles. The van der Waals surface area contributed by atoms with E-state index in [0.29, 0.717) is 22.2 Å². The van der Waals surface area contributed by atoms with Crippen LogP contribution in [0.4, 0.5) is 10.1 Å². The molecule has 0 saturated heterocycles. The van der Waals surface area contributed by atoms with Crippen LogP contribution >= 0.6 is 0 Å². The minimum Gasteiger partial charge on any atom is -0.480 e. The average Bonchev–Trinajstić information content (AvgIpc) is 2.79. The lowest BCUT2D eigenvalue weighted by Gasteiger charge is -2.17. The van der Waals surface area contributed by atoms with E-state index in [4.69, 9.17) is 0 Å². The summed E-state index contributed by atoms with van der Waals surface area (Å²) in [7, 11) is 0. The number of nitriles is 1. The second kappa shape index (κ2) is 8.16. The number of carboxylic acids is 1. The molecule has 7 nitrogen and oxygen atoms in total. The molecule has 152 valence electrons. The number of aromatic nitrogens is 3. The van der Waals surface area contributed by atoms with Crippen molar-refractivity contribution in [2.45, 2.75) is 13.0 Å². The normalized spacial score (nSPS) is 11.6. The maximum atomic E-state index is 13.9. The van der Waals surface area contributed by atoms with Gasteiger partial charge in [-0.05, 0) is 30.7 Å². The lowest BCUT2D eigenvalue weighted by Crippen LogP contribution is -2.26. The molecule has 0 fully saturated rings. The number of nitrogens with zero attached hydrogens (tertiary/aromatic N) is 4. The van der Waals surface area contributed by atoms with Crippen molar-refractivity contribution in [1.29, 1.82) is 5.26 Å². The molecule has 0 aliphatic rings. The first-order valence-corrected chi connectivity index (χ1v) is 9.36. The van der Waals surface area contributed by atoms with E-state index in [1.807, 2.05) is 24.3 Å². The number of carbonyl (C=O) groups is 1. The van der Waals surface area contributed by atoms with Crippen LogP contribution in [0.3, 0.4) is 0 Å². The van der Waals surface area contributed by atoms with Crippen molar-refractivity contribution in [2.24, 2.45) is 0 Å². The number of anilines is 1. The van der Waals surface area contributed by atoms with Gasteiger partial charge in [-0.3, -0.25) is 4.79 Å². The van der Waals surface area contributed by atoms with Crippen LogP contribution in [-0.4, -0.2) is 32.1 Å². The minimum absolute atomic E-state index is 0.141. The number of hydrogen-bond donors (Lipinski definition) is 2. The molecule has 0 spiro atoms. The highest BCUT2D eigenvalue weighted by molar-refractivity contribution is 5.99. The van der Waals surface area contributed by atoms with E-state index in [1.165, 1.54) is 31.5 Å². The van der Waals surface area contributed by atoms with Crippen molar-refractivity contribution in [3.8, 4) is 28.5 Å². The van der Waals surface area contributed by atoms with E-state index in [-0.39, 0.29) is 11.3 Å². The molecule has 4 rings (SSSR count). The van der Waals surface area contributed by atoms with Crippen LogP contribution < -0.4 is 5.32 Å². The molecule has 0 radical (unpaired) electrons. The summed E-state index contributed by atoms with van der Waals surface area (Å²) in [5.41, 5.74) is 3.58. The van der Waals surface area contributed by atoms with Crippen LogP contribution in [0.1, 0.15) is 12.5 Å². The highest BCUT2D eigenvalue weighted by Gasteiger charge is 2.20. The highest BCUT2D eigenvalue weighted by Crippen LogP contribution is 2.35. The van der Waals surface area contributed by atoms with Gasteiger partial charge >= 0.3 is 5.97 Å². The zero-order chi connectivity index (χ0) is 22.0. The number of nitrogens with one attached hydrogen (secondary N) is 1. The first kappa shape index (κ1) is 19.9. The monoisotopic (exact) mass is 413 g/mol. The summed E-state index contributed by atoms with van der Waals surface area (Å²) < 4.78 is 13.9. The lowest BCUT2D eigenvalue weighted by molar-refractivity contribution is -0.137. The molecule has 2 aromatic heterocycles. The zero-order valence-electron chi connectivity index (χ0n) is 16.4. The van der Waals surface area contributed by atoms with Gasteiger partial charge in [0.2, 0.25) is 0 Å². The molecule has 2 aromatic carbocycles. The molecule has 2 N–H and O–H groups in total. The summed E-state index contributed by atoms with van der Waals surface area (Å²) in [5.74, 6) is -1.60. The maximum Gasteiger partial charge on any atom is 0.325 e. The predicted octanol–water partition coefficient (Wildman–Crippen LogP) is 4.25. The molecule has 31 heavy (non-hydrogen) atoms. The standard InChI is InChI=1S/C23H16FN5O2/c1-13(23(30)31)28-22-18-8-17(24)6-7-20(18)29-21(19(22)9-25)15-4-2-14(3-5-15)16-10-26-12-27-11-16/h2-8,10-13H,1H3,(H,28,29)(H,30,31)/t13-/m1/s1. The van der Waals surface area contributed by atoms with Gasteiger partial charge in [0, 0.05) is 28.9 Å². The Morgan fingerprint density at radius 3 is 2.42 bits per heavy atom. The van der Waals surface area contributed by atoms with E-state index in [0.717, 1.165) is 11.1 Å². The van der Waals surface area contributed by atoms with E-state index in [9.17, 15) is 19.6 Å². The Hall–Kier alpha value is -4.38. The molecule has 0 amide bonds. The van der Waals surface area contributed by atoms with Gasteiger partial charge < -0.3 is 10.4 Å². The quantitative estimate of drug-likeness (QED) is 0.503. The van der Waals surface area contributed by atoms with Crippen LogP contribution in [0.5, 0.6) is 0 Å². The third kappa shape index (κ3) is 3.89. The van der Waals surface area contributed by atoms with Crippen LogP contribution in [0.25, 0.3) is 33.3 Å². The Balaban J connectivity index is 1.89. The predicted molar refractivity (Wildman–Crippen MR) is 114 cm³/mol. The van der Waals surface area contributed by atoms with E-state index >= 15 is 0 Å². The molecule has 0 aliphatic heterocycles. The summed E-state index contributed by atoms with van der Waals surface area (Å²) in [5, 5.41) is 22.4. The van der Waals surface area contributed by atoms with Crippen molar-refractivity contribution < 1.29 is 14.3 Å². The van der Waals surface area contributed by atoms with E-state index in [2.05, 4.69) is 26.3 Å². The van der Waals surface area contributed by atoms with Gasteiger partial charge in [0.15, 0.2) is 0 Å². The van der Waals surface area contributed by atoms with Gasteiger partial charge in [-0.1, -0.05) is 24.3 Å². The van der Waals surface area contributed by atoms with Crippen LogP contribution in [-0.2, 0) is 4.79 Å². The van der Waals surface area contributed by atoms with Crippen molar-refractivity contribution in [1.82, 2.24) is 15.0 Å². The van der Waals surface area contributed by atoms with Crippen LogP contribution in [0.2, 0.25) is 0 Å². The molecule has 2 heterocycles. The van der Waals surface area contributed by atoms with Gasteiger partial charge in [0.1, 0.15) is 29.8 Å². The van der Waals surface area contributed by atoms with Crippen molar-refractivity contribution in [2.75, 3.05) is 5.32 Å². The first-order chi connectivity index (χ1) is 15.0. The second-order valence-electron chi connectivity index (χ2n) is 6.89. The van der Waals surface area contributed by atoms with Gasteiger partial charge in [-0.15, -0.1) is 0 Å². The largest absolute Gasteiger partial charge is 0.480 e. The number of benzene rings is 2. The van der Waals surface area contributed by atoms with E-state index < -0.39 is 17.8 Å². The van der Waals surface area contributed by atoms with Gasteiger partial charge in [0.05, 0.1) is 16.9 Å². The summed E-state index contributed by atoms with van der Waals surface area (Å²) in [6.07, 6.45) is 4.84. The third-order valence-corrected chi connectivity index (χ3v) is 4.84. The summed E-state index contributed by atoms with van der Waals surface area (Å²) in [4.78, 5) is 24.0. The van der Waals surface area contributed by atoms with Crippen molar-refractivity contribution in [3.05, 3.63) is 72.6 Å². The number of aliphatic carboxylic acids is 1. The van der Waals surface area contributed by atoms with E-state index in [1.54, 1.807) is 12.4 Å². The number of carboxylic acid groups (broad SMARTS) is 1. The molecule has 4 aromatic rings. The fraction of sp³-hybridized carbons (Fsp3) is 0.0870. The van der Waals surface area contributed by atoms with Gasteiger partial charge in [-0.25, -0.2) is 19.3 Å². The Kier molecular flexibility index (Phi) is 5.24. The molecular formula is C23H16FN5O2. The topological polar surface area (TPSA) is 112 Å². The first-order valence-electron chi connectivity index (χ1n) is 9.36. The number of fused-ring (bicyclic) bond motifs is 1. The summed E-state index contributed by atoms with van der Waals surface area (Å²) in [6.45, 7) is 1.45. The molecule has 0 aliphatic carbocycles. The van der Waals surface area contributed by atoms with Crippen molar-refractivity contribution in [3.63, 3.8) is 0 Å². The smallest absolute Gasteiger partial charge is 0.325 e. The Morgan fingerprint density at radius 2 is 1.77 bits per heavy atom. The molecule has 1 atom stereocenters. The fourth-order valence-electron chi connectivity index (χ4n) is 3.25. The minimum atomic E-state index is -1.10. The average molecular weight is 413 g/mol. The third-order valence-electron chi connectivity index (χ3n) is 4.84. The zero-order valence-corrected chi connectivity index (χ0v) is 16.4. The summed E-state index contributed by atoms with van der Waals surface area (Å²) in [6, 6.07) is 12.5. The maximum absolute atomic E-state index is 13.9. The molecule has 0 bridgehead atoms. The Labute approximate surface area is 176 Å². The highest BCUT2D eigenvalue weighted by atomic mass is 19.1. The number of pyridine rings is 1. The number of rotatable bonds is 5. The van der Waals surface area contributed by atoms with Crippen LogP contribution in [0.15, 0.2) is 61.2 Å². The SMILES string of the molecule is C[C@@H](Nc1c(C#N)c(-c2ccc(-c3cncnc3)cc2)nc2ccc(F)cc12)C(=O)O. The Morgan fingerprint density at radius 1 is 1.10 bits per heavy atom. The molecule has 0 unspecified atom stereocenters. The molecular weight excluding hydrogens is 397 g/mol.